The molecule has 1 aromatic rings. The minimum absolute atomic E-state index is 0.117. The van der Waals surface area contributed by atoms with Crippen LogP contribution in [0.4, 0.5) is 8.78 Å². The zero-order chi connectivity index (χ0) is 24.5. The van der Waals surface area contributed by atoms with Crippen molar-refractivity contribution in [2.45, 2.75) is 65.2 Å². The van der Waals surface area contributed by atoms with Crippen LogP contribution >= 0.6 is 7.60 Å². The van der Waals surface area contributed by atoms with Crippen LogP contribution in [-0.4, -0.2) is 45.1 Å². The van der Waals surface area contributed by atoms with Crippen molar-refractivity contribution in [2.24, 2.45) is 5.41 Å². The minimum atomic E-state index is -5.66. The van der Waals surface area contributed by atoms with Crippen LogP contribution < -0.4 is 5.32 Å². The maximum Gasteiger partial charge on any atom is 0.399 e. The van der Waals surface area contributed by atoms with Gasteiger partial charge in [0.05, 0.1) is 0 Å². The van der Waals surface area contributed by atoms with Crippen LogP contribution in [0.15, 0.2) is 30.3 Å². The third kappa shape index (κ3) is 5.82. The van der Waals surface area contributed by atoms with Gasteiger partial charge in [-0.3, -0.25) is 14.2 Å². The predicted molar refractivity (Wildman–Crippen MR) is 118 cm³/mol. The van der Waals surface area contributed by atoms with Gasteiger partial charge in [0.1, 0.15) is 6.04 Å². The highest BCUT2D eigenvalue weighted by Gasteiger charge is 2.50. The average molecular weight is 472 g/mol. The standard InChI is InChI=1S/C22H31F2N2O5P/c1-14(16-8-10-17(11-9-16)22(23,24)32(29,30)31)13-18(27)25-19(21(3,4)5)20(28)26-12-6-7-15(26)2/h8-11,13,15,19H,6-7,12H2,1-5H3,(H,25,27)(H2,29,30,31)/b14-13+/t15-,19-/m1/s1. The van der Waals surface area contributed by atoms with E-state index in [-0.39, 0.29) is 11.9 Å². The number of nitrogens with zero attached hydrogens (tertiary/aromatic N) is 1. The molecule has 0 aliphatic carbocycles. The highest BCUT2D eigenvalue weighted by molar-refractivity contribution is 7.52. The van der Waals surface area contributed by atoms with Crippen molar-refractivity contribution in [1.82, 2.24) is 10.2 Å². The van der Waals surface area contributed by atoms with E-state index >= 15 is 0 Å². The Bertz CT molecular complexity index is 935. The molecule has 1 aromatic carbocycles. The molecule has 0 radical (unpaired) electrons. The third-order valence-corrected chi connectivity index (χ3v) is 6.63. The van der Waals surface area contributed by atoms with Gasteiger partial charge in [0.25, 0.3) is 0 Å². The van der Waals surface area contributed by atoms with E-state index in [1.54, 1.807) is 11.8 Å². The molecular formula is C22H31F2N2O5P. The lowest BCUT2D eigenvalue weighted by Crippen LogP contribution is -2.55. The van der Waals surface area contributed by atoms with E-state index < -0.39 is 36.2 Å². The Morgan fingerprint density at radius 3 is 2.22 bits per heavy atom. The Balaban J connectivity index is 2.19. The molecule has 3 N–H and O–H groups in total. The van der Waals surface area contributed by atoms with Gasteiger partial charge in [-0.1, -0.05) is 45.0 Å². The highest BCUT2D eigenvalue weighted by atomic mass is 31.2. The number of carbonyl (C=O) groups excluding carboxylic acids is 2. The lowest BCUT2D eigenvalue weighted by molar-refractivity contribution is -0.139. The molecule has 1 fully saturated rings. The number of benzene rings is 1. The summed E-state index contributed by atoms with van der Waals surface area (Å²) in [5.74, 6) is -0.627. The van der Waals surface area contributed by atoms with Gasteiger partial charge in [0, 0.05) is 24.2 Å². The van der Waals surface area contributed by atoms with Crippen LogP contribution in [0, 0.1) is 5.41 Å². The van der Waals surface area contributed by atoms with E-state index in [1.807, 2.05) is 27.7 Å². The second kappa shape index (κ2) is 9.41. The minimum Gasteiger partial charge on any atom is -0.340 e. The van der Waals surface area contributed by atoms with Gasteiger partial charge in [-0.25, -0.2) is 0 Å². The first-order valence-electron chi connectivity index (χ1n) is 10.4. The number of amides is 2. The summed E-state index contributed by atoms with van der Waals surface area (Å²) in [6.45, 7) is 9.85. The lowest BCUT2D eigenvalue weighted by Gasteiger charge is -2.34. The monoisotopic (exact) mass is 472 g/mol. The predicted octanol–water partition coefficient (Wildman–Crippen LogP) is 3.86. The molecular weight excluding hydrogens is 441 g/mol. The quantitative estimate of drug-likeness (QED) is 0.431. The molecule has 1 aliphatic rings. The summed E-state index contributed by atoms with van der Waals surface area (Å²) >= 11 is 0. The van der Waals surface area contributed by atoms with Crippen molar-refractivity contribution in [3.63, 3.8) is 0 Å². The van der Waals surface area contributed by atoms with Gasteiger partial charge in [-0.2, -0.15) is 8.78 Å². The number of likely N-dealkylation sites (tertiary alicyclic amines) is 1. The largest absolute Gasteiger partial charge is 0.399 e. The second-order valence-corrected chi connectivity index (χ2v) is 11.0. The van der Waals surface area contributed by atoms with Gasteiger partial charge in [0.2, 0.25) is 11.8 Å². The summed E-state index contributed by atoms with van der Waals surface area (Å²) in [5.41, 5.74) is -4.76. The van der Waals surface area contributed by atoms with E-state index in [4.69, 9.17) is 9.79 Å². The summed E-state index contributed by atoms with van der Waals surface area (Å²) in [6.07, 6.45) is 3.12. The fourth-order valence-electron chi connectivity index (χ4n) is 3.64. The fourth-order valence-corrected chi connectivity index (χ4v) is 4.13. The Hall–Kier alpha value is -2.09. The SMILES string of the molecule is C/C(=C\C(=O)N[C@H](C(=O)N1CCC[C@H]1C)C(C)(C)C)c1ccc(C(F)(F)P(=O)(O)O)cc1. The molecule has 2 atom stereocenters. The van der Waals surface area contributed by atoms with Crippen molar-refractivity contribution < 1.29 is 32.7 Å². The Morgan fingerprint density at radius 1 is 1.22 bits per heavy atom. The normalized spacial score (nSPS) is 19.1. The first kappa shape index (κ1) is 26.2. The van der Waals surface area contributed by atoms with Crippen LogP contribution in [0.25, 0.3) is 5.57 Å². The molecule has 1 saturated heterocycles. The smallest absolute Gasteiger partial charge is 0.340 e. The number of rotatable bonds is 6. The van der Waals surface area contributed by atoms with Gasteiger partial charge < -0.3 is 20.0 Å². The molecule has 10 heteroatoms. The lowest BCUT2D eigenvalue weighted by atomic mass is 9.85. The number of nitrogens with one attached hydrogen (secondary N) is 1. The number of alkyl halides is 2. The van der Waals surface area contributed by atoms with E-state index in [0.717, 1.165) is 25.0 Å². The van der Waals surface area contributed by atoms with Crippen LogP contribution in [0.5, 0.6) is 0 Å². The van der Waals surface area contributed by atoms with Gasteiger partial charge in [-0.15, -0.1) is 0 Å². The summed E-state index contributed by atoms with van der Waals surface area (Å²) in [7, 11) is -5.66. The summed E-state index contributed by atoms with van der Waals surface area (Å²) in [4.78, 5) is 45.2. The Kier molecular flexibility index (Phi) is 7.70. The van der Waals surface area contributed by atoms with Crippen molar-refractivity contribution >= 4 is 25.0 Å². The van der Waals surface area contributed by atoms with Crippen molar-refractivity contribution in [3.8, 4) is 0 Å². The van der Waals surface area contributed by atoms with E-state index in [1.165, 1.54) is 18.2 Å². The summed E-state index contributed by atoms with van der Waals surface area (Å²) in [6, 6.07) is 3.74. The number of allylic oxidation sites excluding steroid dienone is 1. The van der Waals surface area contributed by atoms with Crippen LogP contribution in [0.3, 0.4) is 0 Å². The van der Waals surface area contributed by atoms with Crippen LogP contribution in [-0.2, 0) is 19.8 Å². The second-order valence-electron chi connectivity index (χ2n) is 9.32. The third-order valence-electron chi connectivity index (χ3n) is 5.64. The molecule has 1 aliphatic heterocycles. The Labute approximate surface area is 187 Å². The molecule has 0 spiro atoms. The van der Waals surface area contributed by atoms with E-state index in [9.17, 15) is 22.9 Å². The zero-order valence-electron chi connectivity index (χ0n) is 18.9. The van der Waals surface area contributed by atoms with Gasteiger partial charge >= 0.3 is 13.3 Å². The van der Waals surface area contributed by atoms with Crippen molar-refractivity contribution in [3.05, 3.63) is 41.5 Å². The highest BCUT2D eigenvalue weighted by Crippen LogP contribution is 2.59. The maximum atomic E-state index is 13.8. The van der Waals surface area contributed by atoms with Crippen LogP contribution in [0.1, 0.15) is 58.6 Å². The molecule has 2 rings (SSSR count). The molecule has 2 amide bonds. The first-order valence-corrected chi connectivity index (χ1v) is 12.0. The summed E-state index contributed by atoms with van der Waals surface area (Å²) < 4.78 is 38.7. The average Bonchev–Trinajstić information content (AvgIpc) is 3.09. The van der Waals surface area contributed by atoms with E-state index in [2.05, 4.69) is 5.32 Å². The molecule has 178 valence electrons. The maximum absolute atomic E-state index is 13.8. The number of carbonyl (C=O) groups is 2. The van der Waals surface area contributed by atoms with Gasteiger partial charge in [-0.05, 0) is 43.2 Å². The van der Waals surface area contributed by atoms with E-state index in [0.29, 0.717) is 17.7 Å². The number of halogens is 2. The number of hydrogen-bond acceptors (Lipinski definition) is 3. The Morgan fingerprint density at radius 2 is 1.78 bits per heavy atom. The first-order chi connectivity index (χ1) is 14.6. The van der Waals surface area contributed by atoms with Crippen molar-refractivity contribution in [2.75, 3.05) is 6.54 Å². The van der Waals surface area contributed by atoms with Gasteiger partial charge in [0.15, 0.2) is 0 Å². The topological polar surface area (TPSA) is 107 Å². The molecule has 0 bridgehead atoms. The molecule has 0 saturated carbocycles. The molecule has 32 heavy (non-hydrogen) atoms. The molecule has 0 unspecified atom stereocenters. The van der Waals surface area contributed by atoms with Crippen molar-refractivity contribution in [1.29, 1.82) is 0 Å². The fraction of sp³-hybridized carbons (Fsp3) is 0.545. The molecule has 0 aromatic heterocycles. The summed E-state index contributed by atoms with van der Waals surface area (Å²) in [5, 5.41) is 2.78. The van der Waals surface area contributed by atoms with Crippen LogP contribution in [0.2, 0.25) is 0 Å². The molecule has 1 heterocycles. The number of hydrogen-bond donors (Lipinski definition) is 3. The zero-order valence-corrected chi connectivity index (χ0v) is 19.8. The molecule has 7 nitrogen and oxygen atoms in total.